The van der Waals surface area contributed by atoms with Crippen LogP contribution in [0.3, 0.4) is 0 Å². The van der Waals surface area contributed by atoms with Gasteiger partial charge in [-0.2, -0.15) is 0 Å². The number of rotatable bonds is 8. The van der Waals surface area contributed by atoms with Crippen molar-refractivity contribution in [1.82, 2.24) is 15.1 Å². The maximum Gasteiger partial charge on any atom is 0.251 e. The SMILES string of the molecule is CCO[C@H]1CN(C(=O)[C@H](CC(C)(C)C)NC(=O)c2ccc(N3CCN(CC)CC3)cc2)[C@@H]2C(=O)CO[C@H]12. The summed E-state index contributed by atoms with van der Waals surface area (Å²) >= 11 is 0. The fraction of sp³-hybridized carbons (Fsp3) is 0.679. The number of carbonyl (C=O) groups excluding carboxylic acids is 3. The summed E-state index contributed by atoms with van der Waals surface area (Å²) in [6, 6.07) is 6.17. The Labute approximate surface area is 220 Å². The van der Waals surface area contributed by atoms with Crippen LogP contribution >= 0.6 is 0 Å². The Bertz CT molecular complexity index is 968. The molecule has 0 bridgehead atoms. The lowest BCUT2D eigenvalue weighted by molar-refractivity contribution is -0.139. The smallest absolute Gasteiger partial charge is 0.251 e. The van der Waals surface area contributed by atoms with E-state index in [4.69, 9.17) is 9.47 Å². The van der Waals surface area contributed by atoms with Crippen molar-refractivity contribution in [3.63, 3.8) is 0 Å². The lowest BCUT2D eigenvalue weighted by atomic mass is 9.87. The minimum atomic E-state index is -0.760. The predicted molar refractivity (Wildman–Crippen MR) is 142 cm³/mol. The van der Waals surface area contributed by atoms with Gasteiger partial charge in [0.1, 0.15) is 30.9 Å². The van der Waals surface area contributed by atoms with Crippen LogP contribution in [0.5, 0.6) is 0 Å². The van der Waals surface area contributed by atoms with Crippen molar-refractivity contribution in [3.05, 3.63) is 29.8 Å². The average molecular weight is 515 g/mol. The first-order chi connectivity index (χ1) is 17.6. The van der Waals surface area contributed by atoms with Crippen LogP contribution in [0.1, 0.15) is 51.4 Å². The monoisotopic (exact) mass is 514 g/mol. The molecule has 37 heavy (non-hydrogen) atoms. The van der Waals surface area contributed by atoms with Crippen molar-refractivity contribution in [2.24, 2.45) is 5.41 Å². The van der Waals surface area contributed by atoms with Gasteiger partial charge in [0.05, 0.1) is 6.54 Å². The Hall–Kier alpha value is -2.49. The number of carbonyl (C=O) groups is 3. The quantitative estimate of drug-likeness (QED) is 0.567. The third kappa shape index (κ3) is 6.33. The van der Waals surface area contributed by atoms with Gasteiger partial charge in [-0.25, -0.2) is 0 Å². The highest BCUT2D eigenvalue weighted by Gasteiger charge is 2.53. The Morgan fingerprint density at radius 3 is 2.38 bits per heavy atom. The molecule has 3 fully saturated rings. The molecular weight excluding hydrogens is 472 g/mol. The molecule has 3 aliphatic rings. The number of ketones is 1. The molecule has 4 rings (SSSR count). The maximum absolute atomic E-state index is 13.8. The second kappa shape index (κ2) is 11.5. The molecule has 0 saturated carbocycles. The highest BCUT2D eigenvalue weighted by Crippen LogP contribution is 2.31. The predicted octanol–water partition coefficient (Wildman–Crippen LogP) is 1.95. The summed E-state index contributed by atoms with van der Waals surface area (Å²) in [7, 11) is 0. The number of likely N-dealkylation sites (N-methyl/N-ethyl adjacent to an activating group) is 1. The van der Waals surface area contributed by atoms with E-state index in [0.29, 0.717) is 18.6 Å². The molecule has 4 atom stereocenters. The molecular formula is C28H42N4O5. The van der Waals surface area contributed by atoms with Gasteiger partial charge in [0, 0.05) is 44.0 Å². The Morgan fingerprint density at radius 2 is 1.78 bits per heavy atom. The second-order valence-corrected chi connectivity index (χ2v) is 11.4. The Balaban J connectivity index is 1.46. The standard InChI is InChI=1S/C28H42N4O5/c1-6-30-12-14-31(15-13-30)20-10-8-19(9-11-20)26(34)29-21(16-28(3,4)5)27(35)32-17-23(36-7-2)25-24(32)22(33)18-37-25/h8-11,21,23-25H,6-7,12-18H2,1-5H3,(H,29,34)/t21-,23-,24+,25+/m0/s1. The molecule has 0 aromatic heterocycles. The molecule has 1 aromatic rings. The number of amides is 2. The first kappa shape index (κ1) is 27.5. The molecule has 1 aromatic carbocycles. The first-order valence-corrected chi connectivity index (χ1v) is 13.6. The number of hydrogen-bond acceptors (Lipinski definition) is 7. The van der Waals surface area contributed by atoms with Crippen LogP contribution in [0.25, 0.3) is 0 Å². The van der Waals surface area contributed by atoms with Gasteiger partial charge in [-0.3, -0.25) is 14.4 Å². The Kier molecular flexibility index (Phi) is 8.56. The summed E-state index contributed by atoms with van der Waals surface area (Å²) in [6.07, 6.45) is -0.350. The number of nitrogens with zero attached hydrogens (tertiary/aromatic N) is 3. The number of ether oxygens (including phenoxy) is 2. The summed E-state index contributed by atoms with van der Waals surface area (Å²) in [5, 5.41) is 2.98. The van der Waals surface area contributed by atoms with E-state index in [0.717, 1.165) is 38.4 Å². The third-order valence-corrected chi connectivity index (χ3v) is 7.54. The van der Waals surface area contributed by atoms with E-state index in [1.165, 1.54) is 0 Å². The summed E-state index contributed by atoms with van der Waals surface area (Å²) in [5.74, 6) is -0.669. The zero-order chi connectivity index (χ0) is 26.7. The van der Waals surface area contributed by atoms with Crippen molar-refractivity contribution in [3.8, 4) is 0 Å². The van der Waals surface area contributed by atoms with Gasteiger partial charge in [-0.05, 0) is 49.6 Å². The van der Waals surface area contributed by atoms with Crippen molar-refractivity contribution in [2.75, 3.05) is 57.4 Å². The summed E-state index contributed by atoms with van der Waals surface area (Å²) in [5.41, 5.74) is 1.39. The number of likely N-dealkylation sites (tertiary alicyclic amines) is 1. The molecule has 204 valence electrons. The van der Waals surface area contributed by atoms with E-state index in [-0.39, 0.29) is 42.3 Å². The summed E-state index contributed by atoms with van der Waals surface area (Å²) < 4.78 is 11.5. The number of Topliss-reactive ketones (excluding diaryl/α,β-unsaturated/α-hetero) is 1. The number of fused-ring (bicyclic) bond motifs is 1. The van der Waals surface area contributed by atoms with E-state index in [1.807, 2.05) is 52.0 Å². The van der Waals surface area contributed by atoms with Gasteiger partial charge in [0.15, 0.2) is 5.78 Å². The van der Waals surface area contributed by atoms with E-state index in [1.54, 1.807) is 4.90 Å². The van der Waals surface area contributed by atoms with Crippen molar-refractivity contribution in [1.29, 1.82) is 0 Å². The highest BCUT2D eigenvalue weighted by molar-refractivity contribution is 5.99. The normalized spacial score (nSPS) is 25.3. The maximum atomic E-state index is 13.8. The molecule has 9 nitrogen and oxygen atoms in total. The van der Waals surface area contributed by atoms with E-state index in [2.05, 4.69) is 22.0 Å². The highest BCUT2D eigenvalue weighted by atomic mass is 16.6. The van der Waals surface area contributed by atoms with Gasteiger partial charge in [-0.15, -0.1) is 0 Å². The second-order valence-electron chi connectivity index (χ2n) is 11.4. The summed E-state index contributed by atoms with van der Waals surface area (Å²) in [4.78, 5) is 46.0. The van der Waals surface area contributed by atoms with Crippen LogP contribution in [-0.4, -0.2) is 104 Å². The molecule has 0 aliphatic carbocycles. The molecule has 0 radical (unpaired) electrons. The number of benzene rings is 1. The fourth-order valence-corrected chi connectivity index (χ4v) is 5.60. The fourth-order valence-electron chi connectivity index (χ4n) is 5.60. The topological polar surface area (TPSA) is 91.4 Å². The molecule has 3 aliphatic heterocycles. The van der Waals surface area contributed by atoms with E-state index >= 15 is 0 Å². The molecule has 3 heterocycles. The zero-order valence-electron chi connectivity index (χ0n) is 22.9. The van der Waals surface area contributed by atoms with E-state index < -0.39 is 18.2 Å². The molecule has 9 heteroatoms. The lowest BCUT2D eigenvalue weighted by Gasteiger charge is -2.35. The number of nitrogens with one attached hydrogen (secondary N) is 1. The van der Waals surface area contributed by atoms with Gasteiger partial charge >= 0.3 is 0 Å². The van der Waals surface area contributed by atoms with Crippen LogP contribution < -0.4 is 10.2 Å². The minimum Gasteiger partial charge on any atom is -0.374 e. The summed E-state index contributed by atoms with van der Waals surface area (Å²) in [6.45, 7) is 16.0. The minimum absolute atomic E-state index is 0.0151. The Morgan fingerprint density at radius 1 is 1.11 bits per heavy atom. The van der Waals surface area contributed by atoms with Gasteiger partial charge in [-0.1, -0.05) is 27.7 Å². The number of hydrogen-bond donors (Lipinski definition) is 1. The first-order valence-electron chi connectivity index (χ1n) is 13.6. The molecule has 2 amide bonds. The largest absolute Gasteiger partial charge is 0.374 e. The average Bonchev–Trinajstić information content (AvgIpc) is 3.43. The zero-order valence-corrected chi connectivity index (χ0v) is 22.9. The number of anilines is 1. The van der Waals surface area contributed by atoms with Crippen LogP contribution in [0.15, 0.2) is 24.3 Å². The lowest BCUT2D eigenvalue weighted by Crippen LogP contribution is -2.53. The van der Waals surface area contributed by atoms with Crippen molar-refractivity contribution >= 4 is 23.3 Å². The van der Waals surface area contributed by atoms with Gasteiger partial charge in [0.2, 0.25) is 5.91 Å². The third-order valence-electron chi connectivity index (χ3n) is 7.54. The van der Waals surface area contributed by atoms with E-state index in [9.17, 15) is 14.4 Å². The van der Waals surface area contributed by atoms with Crippen LogP contribution in [-0.2, 0) is 19.1 Å². The molecule has 1 N–H and O–H groups in total. The van der Waals surface area contributed by atoms with Gasteiger partial charge in [0.25, 0.3) is 5.91 Å². The molecule has 0 spiro atoms. The van der Waals surface area contributed by atoms with Crippen molar-refractivity contribution in [2.45, 2.75) is 65.3 Å². The van der Waals surface area contributed by atoms with Crippen LogP contribution in [0, 0.1) is 5.41 Å². The molecule has 3 saturated heterocycles. The van der Waals surface area contributed by atoms with Crippen LogP contribution in [0.4, 0.5) is 5.69 Å². The number of piperazine rings is 1. The van der Waals surface area contributed by atoms with Crippen LogP contribution in [0.2, 0.25) is 0 Å². The molecule has 0 unspecified atom stereocenters. The van der Waals surface area contributed by atoms with Crippen molar-refractivity contribution < 1.29 is 23.9 Å². The van der Waals surface area contributed by atoms with Gasteiger partial charge < -0.3 is 29.5 Å².